The van der Waals surface area contributed by atoms with Crippen LogP contribution in [-0.2, 0) is 16.0 Å². The van der Waals surface area contributed by atoms with Crippen molar-refractivity contribution in [2.75, 3.05) is 31.6 Å². The summed E-state index contributed by atoms with van der Waals surface area (Å²) in [6.07, 6.45) is -3.64. The van der Waals surface area contributed by atoms with Crippen molar-refractivity contribution in [3.63, 3.8) is 0 Å². The lowest BCUT2D eigenvalue weighted by molar-refractivity contribution is -0.231. The molecular formula is C26H33ClN2O8. The monoisotopic (exact) mass is 536 g/mol. The predicted octanol–water partition coefficient (Wildman–Crippen LogP) is 1.07. The van der Waals surface area contributed by atoms with Gasteiger partial charge >= 0.3 is 5.97 Å². The van der Waals surface area contributed by atoms with Crippen LogP contribution in [0.3, 0.4) is 0 Å². The summed E-state index contributed by atoms with van der Waals surface area (Å²) in [5.41, 5.74) is 3.42. The summed E-state index contributed by atoms with van der Waals surface area (Å²) in [7, 11) is 0. The van der Waals surface area contributed by atoms with Gasteiger partial charge in [-0.2, -0.15) is 0 Å². The molecule has 7 N–H and O–H groups in total. The number of carbonyl (C=O) groups is 1. The van der Waals surface area contributed by atoms with Crippen LogP contribution in [0.1, 0.15) is 35.6 Å². The molecule has 0 aromatic heterocycles. The molecule has 0 aliphatic carbocycles. The third-order valence-electron chi connectivity index (χ3n) is 6.76. The minimum Gasteiger partial charge on any atom is -0.490 e. The zero-order chi connectivity index (χ0) is 26.5. The number of hydrogen-bond acceptors (Lipinski definition) is 9. The summed E-state index contributed by atoms with van der Waals surface area (Å²) in [6, 6.07) is 10.9. The topological polar surface area (TPSA) is 161 Å². The maximum atomic E-state index is 10.4. The molecule has 0 saturated carbocycles. The molecule has 2 aromatic carbocycles. The number of fused-ring (bicyclic) bond motifs is 1. The quantitative estimate of drug-likeness (QED) is 0.294. The molecule has 3 aliphatic heterocycles. The van der Waals surface area contributed by atoms with Gasteiger partial charge in [-0.1, -0.05) is 29.8 Å². The van der Waals surface area contributed by atoms with Crippen LogP contribution < -0.4 is 15.4 Å². The maximum absolute atomic E-state index is 10.4. The van der Waals surface area contributed by atoms with E-state index in [2.05, 4.69) is 10.6 Å². The molecule has 11 heteroatoms. The van der Waals surface area contributed by atoms with Gasteiger partial charge in [-0.05, 0) is 60.7 Å². The summed E-state index contributed by atoms with van der Waals surface area (Å²) in [5, 5.41) is 54.9. The first-order chi connectivity index (χ1) is 17.8. The van der Waals surface area contributed by atoms with Crippen molar-refractivity contribution < 1.29 is 39.8 Å². The first-order valence-corrected chi connectivity index (χ1v) is 12.7. The predicted molar refractivity (Wildman–Crippen MR) is 136 cm³/mol. The molecule has 2 aromatic rings. The largest absolute Gasteiger partial charge is 0.490 e. The Morgan fingerprint density at radius 1 is 1.05 bits per heavy atom. The van der Waals surface area contributed by atoms with Crippen LogP contribution in [0.5, 0.6) is 5.75 Å². The molecule has 0 bridgehead atoms. The van der Waals surface area contributed by atoms with E-state index in [1.165, 1.54) is 0 Å². The number of nitrogens with one attached hydrogen (secondary N) is 2. The summed E-state index contributed by atoms with van der Waals surface area (Å²) in [6.45, 7) is 1.78. The van der Waals surface area contributed by atoms with E-state index in [9.17, 15) is 25.2 Å². The molecule has 10 nitrogen and oxygen atoms in total. The molecule has 0 radical (unpaired) electrons. The highest BCUT2D eigenvalue weighted by atomic mass is 35.5. The van der Waals surface area contributed by atoms with Gasteiger partial charge in [-0.25, -0.2) is 0 Å². The molecule has 3 heterocycles. The van der Waals surface area contributed by atoms with Crippen molar-refractivity contribution in [2.24, 2.45) is 0 Å². The number of aliphatic hydroxyl groups excluding tert-OH is 4. The van der Waals surface area contributed by atoms with E-state index in [1.807, 2.05) is 24.3 Å². The van der Waals surface area contributed by atoms with Crippen LogP contribution in [0, 0.1) is 0 Å². The van der Waals surface area contributed by atoms with Gasteiger partial charge in [-0.3, -0.25) is 4.79 Å². The molecule has 2 fully saturated rings. The average molecular weight is 537 g/mol. The van der Waals surface area contributed by atoms with E-state index in [0.717, 1.165) is 48.5 Å². The number of benzene rings is 2. The van der Waals surface area contributed by atoms with Gasteiger partial charge < -0.3 is 45.6 Å². The van der Waals surface area contributed by atoms with Gasteiger partial charge in [0.2, 0.25) is 0 Å². The SMILES string of the molecule is O=C(O)[C@@H]1CCCN1.OC[C@H]1O[C@@H](c2ccc(Cl)c(Cc3ccc4c(c3)NCCO4)c2)[C@H](O)[C@@H](O)[C@@H]1O. The van der Waals surface area contributed by atoms with Crippen molar-refractivity contribution in [1.82, 2.24) is 5.32 Å². The van der Waals surface area contributed by atoms with Gasteiger partial charge in [0.1, 0.15) is 48.9 Å². The number of aliphatic hydroxyl groups is 4. The maximum Gasteiger partial charge on any atom is 0.320 e. The van der Waals surface area contributed by atoms with Gasteiger partial charge in [0.25, 0.3) is 0 Å². The van der Waals surface area contributed by atoms with Crippen molar-refractivity contribution in [1.29, 1.82) is 0 Å². The van der Waals surface area contributed by atoms with E-state index in [-0.39, 0.29) is 6.04 Å². The summed E-state index contributed by atoms with van der Waals surface area (Å²) >= 11 is 6.40. The number of aliphatic carboxylic acids is 1. The lowest BCUT2D eigenvalue weighted by Gasteiger charge is -2.40. The summed E-state index contributed by atoms with van der Waals surface area (Å²) in [4.78, 5) is 10.1. The van der Waals surface area contributed by atoms with Crippen LogP contribution in [0.25, 0.3) is 0 Å². The molecule has 5 rings (SSSR count). The zero-order valence-corrected chi connectivity index (χ0v) is 21.0. The van der Waals surface area contributed by atoms with E-state index < -0.39 is 43.1 Å². The van der Waals surface area contributed by atoms with Gasteiger partial charge in [0, 0.05) is 11.6 Å². The van der Waals surface area contributed by atoms with Crippen LogP contribution in [0.2, 0.25) is 5.02 Å². The Labute approximate surface area is 219 Å². The Hall–Kier alpha value is -2.44. The number of anilines is 1. The molecule has 6 atom stereocenters. The van der Waals surface area contributed by atoms with E-state index in [4.69, 9.17) is 26.2 Å². The lowest BCUT2D eigenvalue weighted by atomic mass is 9.90. The Morgan fingerprint density at radius 3 is 2.54 bits per heavy atom. The third-order valence-corrected chi connectivity index (χ3v) is 7.13. The third kappa shape index (κ3) is 6.53. The fourth-order valence-corrected chi connectivity index (χ4v) is 4.88. The zero-order valence-electron chi connectivity index (χ0n) is 20.2. The van der Waals surface area contributed by atoms with Crippen LogP contribution in [0.4, 0.5) is 5.69 Å². The normalized spacial score (nSPS) is 28.8. The van der Waals surface area contributed by atoms with Crippen LogP contribution >= 0.6 is 11.6 Å². The number of carboxylic acids is 1. The second-order valence-electron chi connectivity index (χ2n) is 9.37. The Morgan fingerprint density at radius 2 is 1.86 bits per heavy atom. The smallest absolute Gasteiger partial charge is 0.320 e. The number of hydrogen-bond donors (Lipinski definition) is 7. The van der Waals surface area contributed by atoms with E-state index in [1.54, 1.807) is 12.1 Å². The number of ether oxygens (including phenoxy) is 2. The molecular weight excluding hydrogens is 504 g/mol. The molecule has 0 amide bonds. The highest BCUT2D eigenvalue weighted by Crippen LogP contribution is 2.35. The van der Waals surface area contributed by atoms with Crippen LogP contribution in [0.15, 0.2) is 36.4 Å². The second kappa shape index (κ2) is 12.4. The molecule has 37 heavy (non-hydrogen) atoms. The Bertz CT molecular complexity index is 1080. The first-order valence-electron chi connectivity index (χ1n) is 12.3. The Balaban J connectivity index is 0.000000342. The molecule has 2 saturated heterocycles. The van der Waals surface area contributed by atoms with E-state index in [0.29, 0.717) is 23.6 Å². The van der Waals surface area contributed by atoms with Gasteiger partial charge in [0.05, 0.1) is 12.3 Å². The minimum atomic E-state index is -1.42. The summed E-state index contributed by atoms with van der Waals surface area (Å²) in [5.74, 6) is 0.101. The lowest BCUT2D eigenvalue weighted by Crippen LogP contribution is -2.55. The molecule has 0 unspecified atom stereocenters. The first kappa shape index (κ1) is 27.6. The number of carboxylic acid groups (broad SMARTS) is 1. The second-order valence-corrected chi connectivity index (χ2v) is 9.78. The van der Waals surface area contributed by atoms with Crippen molar-refractivity contribution in [2.45, 2.75) is 55.8 Å². The van der Waals surface area contributed by atoms with Crippen LogP contribution in [-0.4, -0.2) is 88.3 Å². The highest BCUT2D eigenvalue weighted by molar-refractivity contribution is 6.31. The van der Waals surface area contributed by atoms with E-state index >= 15 is 0 Å². The van der Waals surface area contributed by atoms with Gasteiger partial charge in [-0.15, -0.1) is 0 Å². The molecule has 3 aliphatic rings. The minimum absolute atomic E-state index is 0.269. The van der Waals surface area contributed by atoms with Crippen molar-refractivity contribution in [3.8, 4) is 5.75 Å². The summed E-state index contributed by atoms with van der Waals surface area (Å²) < 4.78 is 11.3. The fraction of sp³-hybridized carbons (Fsp3) is 0.500. The highest BCUT2D eigenvalue weighted by Gasteiger charge is 2.44. The fourth-order valence-electron chi connectivity index (χ4n) is 4.70. The molecule has 202 valence electrons. The van der Waals surface area contributed by atoms with Crippen molar-refractivity contribution in [3.05, 3.63) is 58.1 Å². The Kier molecular flexibility index (Phi) is 9.25. The van der Waals surface area contributed by atoms with Gasteiger partial charge in [0.15, 0.2) is 0 Å². The standard InChI is InChI=1S/C21H24ClNO6.C5H9NO2/c22-14-3-2-12(21-20(27)19(26)18(25)17(10-24)29-21)9-13(14)7-11-1-4-16-15(8-11)23-5-6-28-16;7-5(8)4-2-1-3-6-4/h1-4,8-9,17-21,23-27H,5-7,10H2;4,6H,1-3H2,(H,7,8)/t17-,18-,19+,20-,21+;4-/m10/s1. The average Bonchev–Trinajstić information content (AvgIpc) is 3.45. The molecule has 0 spiro atoms. The van der Waals surface area contributed by atoms with Crippen molar-refractivity contribution >= 4 is 23.3 Å². The number of rotatable bonds is 5. The number of halogens is 1.